The molecule has 1 aliphatic rings. The van der Waals surface area contributed by atoms with Crippen molar-refractivity contribution >= 4 is 0 Å². The number of likely N-dealkylation sites (N-methyl/N-ethyl adjacent to an activating group) is 1. The van der Waals surface area contributed by atoms with Crippen molar-refractivity contribution in [1.29, 1.82) is 0 Å². The summed E-state index contributed by atoms with van der Waals surface area (Å²) in [6, 6.07) is 0.677. The number of hydrogen-bond donors (Lipinski definition) is 1. The average Bonchev–Trinajstić information content (AvgIpc) is 2.18. The fourth-order valence-electron chi connectivity index (χ4n) is 1.72. The topological polar surface area (TPSA) is 18.5 Å². The summed E-state index contributed by atoms with van der Waals surface area (Å²) >= 11 is 0. The lowest BCUT2D eigenvalue weighted by atomic mass is 10.2. The quantitative estimate of drug-likeness (QED) is 0.497. The minimum Gasteiger partial charge on any atom is -0.305 e. The lowest BCUT2D eigenvalue weighted by molar-refractivity contribution is 0.106. The first-order chi connectivity index (χ1) is 6.74. The van der Waals surface area contributed by atoms with E-state index in [2.05, 4.69) is 35.0 Å². The summed E-state index contributed by atoms with van der Waals surface area (Å²) in [6.45, 7) is 8.61. The summed E-state index contributed by atoms with van der Waals surface area (Å²) < 4.78 is 0. The molecule has 0 amide bonds. The molecule has 1 rings (SSSR count). The highest BCUT2D eigenvalue weighted by molar-refractivity contribution is 4.86. The molecule has 1 aliphatic heterocycles. The monoisotopic (exact) mass is 195 g/mol. The first kappa shape index (κ1) is 11.5. The molecule has 0 aromatic heterocycles. The molecule has 80 valence electrons. The van der Waals surface area contributed by atoms with Gasteiger partial charge in [-0.15, -0.1) is 6.42 Å². The van der Waals surface area contributed by atoms with Crippen molar-refractivity contribution in [2.45, 2.75) is 13.0 Å². The zero-order valence-electron chi connectivity index (χ0n) is 9.29. The van der Waals surface area contributed by atoms with Gasteiger partial charge in [0.15, 0.2) is 0 Å². The lowest BCUT2D eigenvalue weighted by Crippen LogP contribution is -2.51. The second-order valence-electron chi connectivity index (χ2n) is 4.01. The first-order valence-electron chi connectivity index (χ1n) is 5.31. The molecule has 3 heteroatoms. The van der Waals surface area contributed by atoms with Crippen LogP contribution in [-0.4, -0.2) is 62.2 Å². The molecule has 14 heavy (non-hydrogen) atoms. The third-order valence-corrected chi connectivity index (χ3v) is 2.88. The minimum absolute atomic E-state index is 0.677. The summed E-state index contributed by atoms with van der Waals surface area (Å²) in [7, 11) is 2.19. The normalized spacial score (nSPS) is 24.8. The van der Waals surface area contributed by atoms with Crippen LogP contribution in [0.2, 0.25) is 0 Å². The van der Waals surface area contributed by atoms with Crippen molar-refractivity contribution in [2.24, 2.45) is 0 Å². The van der Waals surface area contributed by atoms with Gasteiger partial charge in [-0.2, -0.15) is 0 Å². The smallest absolute Gasteiger partial charge is 0.0574 e. The van der Waals surface area contributed by atoms with E-state index in [-0.39, 0.29) is 0 Å². The van der Waals surface area contributed by atoms with Gasteiger partial charge >= 0.3 is 0 Å². The summed E-state index contributed by atoms with van der Waals surface area (Å²) in [6.07, 6.45) is 5.16. The number of terminal acetylenes is 1. The van der Waals surface area contributed by atoms with E-state index in [0.29, 0.717) is 12.6 Å². The Morgan fingerprint density at radius 2 is 2.29 bits per heavy atom. The van der Waals surface area contributed by atoms with Gasteiger partial charge in [-0.1, -0.05) is 5.92 Å². The van der Waals surface area contributed by atoms with Crippen molar-refractivity contribution < 1.29 is 0 Å². The Morgan fingerprint density at radius 3 is 2.93 bits per heavy atom. The summed E-state index contributed by atoms with van der Waals surface area (Å²) in [5.74, 6) is 2.58. The Morgan fingerprint density at radius 1 is 1.50 bits per heavy atom. The average molecular weight is 195 g/mol. The molecule has 0 bridgehead atoms. The largest absolute Gasteiger partial charge is 0.305 e. The van der Waals surface area contributed by atoms with Crippen LogP contribution in [0, 0.1) is 12.3 Å². The fourth-order valence-corrected chi connectivity index (χ4v) is 1.72. The zero-order valence-corrected chi connectivity index (χ0v) is 9.29. The van der Waals surface area contributed by atoms with Gasteiger partial charge in [0.2, 0.25) is 0 Å². The summed E-state index contributed by atoms with van der Waals surface area (Å²) in [4.78, 5) is 4.90. The van der Waals surface area contributed by atoms with E-state index < -0.39 is 0 Å². The zero-order chi connectivity index (χ0) is 10.4. The number of nitrogens with zero attached hydrogens (tertiary/aromatic N) is 2. The molecule has 1 fully saturated rings. The SMILES string of the molecule is C#CCNCCN1CCN(C)C(C)C1. The lowest BCUT2D eigenvalue weighted by Gasteiger charge is -2.37. The highest BCUT2D eigenvalue weighted by Gasteiger charge is 2.19. The predicted octanol–water partition coefficient (Wildman–Crippen LogP) is -0.155. The Labute approximate surface area is 87.5 Å². The first-order valence-corrected chi connectivity index (χ1v) is 5.31. The van der Waals surface area contributed by atoms with Gasteiger partial charge in [0.05, 0.1) is 6.54 Å². The van der Waals surface area contributed by atoms with Crippen molar-refractivity contribution in [2.75, 3.05) is 46.3 Å². The van der Waals surface area contributed by atoms with E-state index in [9.17, 15) is 0 Å². The molecule has 1 saturated heterocycles. The van der Waals surface area contributed by atoms with Crippen molar-refractivity contribution in [1.82, 2.24) is 15.1 Å². The summed E-state index contributed by atoms with van der Waals surface area (Å²) in [5.41, 5.74) is 0. The molecule has 3 nitrogen and oxygen atoms in total. The van der Waals surface area contributed by atoms with E-state index in [1.54, 1.807) is 0 Å². The Hall–Kier alpha value is -0.560. The molecule has 0 saturated carbocycles. The minimum atomic E-state index is 0.677. The van der Waals surface area contributed by atoms with Gasteiger partial charge in [0, 0.05) is 38.8 Å². The van der Waals surface area contributed by atoms with Crippen LogP contribution in [0.25, 0.3) is 0 Å². The van der Waals surface area contributed by atoms with Crippen LogP contribution in [-0.2, 0) is 0 Å². The highest BCUT2D eigenvalue weighted by atomic mass is 15.3. The molecule has 0 spiro atoms. The van der Waals surface area contributed by atoms with Gasteiger partial charge in [-0.05, 0) is 14.0 Å². The van der Waals surface area contributed by atoms with Gasteiger partial charge in [-0.25, -0.2) is 0 Å². The summed E-state index contributed by atoms with van der Waals surface area (Å²) in [5, 5.41) is 3.22. The van der Waals surface area contributed by atoms with Crippen LogP contribution >= 0.6 is 0 Å². The molecule has 0 aromatic rings. The Kier molecular flexibility index (Phi) is 4.95. The van der Waals surface area contributed by atoms with Gasteiger partial charge in [-0.3, -0.25) is 4.90 Å². The van der Waals surface area contributed by atoms with Crippen LogP contribution in [0.1, 0.15) is 6.92 Å². The van der Waals surface area contributed by atoms with Gasteiger partial charge < -0.3 is 10.2 Å². The van der Waals surface area contributed by atoms with E-state index in [1.807, 2.05) is 0 Å². The standard InChI is InChI=1S/C11H21N3/c1-4-5-12-6-7-14-9-8-13(3)11(2)10-14/h1,11-12H,5-10H2,2-3H3. The Balaban J connectivity index is 2.11. The van der Waals surface area contributed by atoms with Gasteiger partial charge in [0.1, 0.15) is 0 Å². The van der Waals surface area contributed by atoms with Crippen molar-refractivity contribution in [3.8, 4) is 12.3 Å². The van der Waals surface area contributed by atoms with E-state index in [0.717, 1.165) is 13.1 Å². The molecule has 1 N–H and O–H groups in total. The molecular weight excluding hydrogens is 174 g/mol. The Bertz CT molecular complexity index is 197. The number of hydrogen-bond acceptors (Lipinski definition) is 3. The molecule has 1 atom stereocenters. The van der Waals surface area contributed by atoms with E-state index >= 15 is 0 Å². The van der Waals surface area contributed by atoms with Crippen LogP contribution in [0.4, 0.5) is 0 Å². The highest BCUT2D eigenvalue weighted by Crippen LogP contribution is 2.05. The maximum atomic E-state index is 5.16. The maximum Gasteiger partial charge on any atom is 0.0574 e. The molecule has 0 aromatic carbocycles. The van der Waals surface area contributed by atoms with E-state index in [4.69, 9.17) is 6.42 Å². The molecule has 0 aliphatic carbocycles. The number of rotatable bonds is 4. The fraction of sp³-hybridized carbons (Fsp3) is 0.818. The number of piperazine rings is 1. The van der Waals surface area contributed by atoms with Crippen LogP contribution in [0.15, 0.2) is 0 Å². The van der Waals surface area contributed by atoms with Crippen LogP contribution < -0.4 is 5.32 Å². The predicted molar refractivity (Wildman–Crippen MR) is 60.2 cm³/mol. The van der Waals surface area contributed by atoms with Crippen molar-refractivity contribution in [3.05, 3.63) is 0 Å². The van der Waals surface area contributed by atoms with Crippen molar-refractivity contribution in [3.63, 3.8) is 0 Å². The second kappa shape index (κ2) is 6.02. The third kappa shape index (κ3) is 3.67. The molecule has 1 unspecified atom stereocenters. The molecular formula is C11H21N3. The molecule has 1 heterocycles. The maximum absolute atomic E-state index is 5.16. The van der Waals surface area contributed by atoms with E-state index in [1.165, 1.54) is 19.6 Å². The second-order valence-corrected chi connectivity index (χ2v) is 4.01. The van der Waals surface area contributed by atoms with Crippen LogP contribution in [0.3, 0.4) is 0 Å². The number of nitrogens with one attached hydrogen (secondary N) is 1. The van der Waals surface area contributed by atoms with Gasteiger partial charge in [0.25, 0.3) is 0 Å². The molecule has 0 radical (unpaired) electrons. The van der Waals surface area contributed by atoms with Crippen LogP contribution in [0.5, 0.6) is 0 Å². The third-order valence-electron chi connectivity index (χ3n) is 2.88.